The Morgan fingerprint density at radius 2 is 2.05 bits per heavy atom. The van der Waals surface area contributed by atoms with Crippen molar-refractivity contribution in [1.82, 2.24) is 15.7 Å². The first kappa shape index (κ1) is 14.2. The van der Waals surface area contributed by atoms with Crippen LogP contribution in [0.3, 0.4) is 0 Å². The third kappa shape index (κ3) is 4.46. The molecule has 1 aromatic rings. The Kier molecular flexibility index (Phi) is 5.23. The average Bonchev–Trinajstić information content (AvgIpc) is 2.49. The molecule has 0 atom stereocenters. The van der Waals surface area contributed by atoms with Crippen LogP contribution < -0.4 is 10.7 Å². The molecule has 0 aliphatic heterocycles. The monoisotopic (exact) mass is 274 g/mol. The number of nitrogens with one attached hydrogen (secondary N) is 2. The summed E-state index contributed by atoms with van der Waals surface area (Å²) in [6.45, 7) is 0. The molecule has 6 nitrogen and oxygen atoms in total. The number of hydrazone groups is 1. The summed E-state index contributed by atoms with van der Waals surface area (Å²) in [4.78, 5) is 27.1. The molecule has 1 aliphatic carbocycles. The van der Waals surface area contributed by atoms with Gasteiger partial charge in [0.1, 0.15) is 0 Å². The van der Waals surface area contributed by atoms with Gasteiger partial charge in [0.25, 0.3) is 0 Å². The van der Waals surface area contributed by atoms with Crippen molar-refractivity contribution in [3.8, 4) is 0 Å². The van der Waals surface area contributed by atoms with Gasteiger partial charge in [0.05, 0.1) is 6.21 Å². The molecule has 106 valence electrons. The molecule has 2 rings (SSSR count). The molecule has 0 radical (unpaired) electrons. The van der Waals surface area contributed by atoms with Crippen molar-refractivity contribution >= 4 is 18.0 Å². The number of nitrogens with zero attached hydrogens (tertiary/aromatic N) is 2. The molecule has 6 heteroatoms. The lowest BCUT2D eigenvalue weighted by atomic mass is 9.95. The zero-order valence-electron chi connectivity index (χ0n) is 11.2. The van der Waals surface area contributed by atoms with Crippen molar-refractivity contribution in [3.05, 3.63) is 30.1 Å². The highest BCUT2D eigenvalue weighted by atomic mass is 16.2. The predicted molar refractivity (Wildman–Crippen MR) is 75.0 cm³/mol. The zero-order valence-corrected chi connectivity index (χ0v) is 11.2. The lowest BCUT2D eigenvalue weighted by molar-refractivity contribution is -0.139. The summed E-state index contributed by atoms with van der Waals surface area (Å²) in [5, 5.41) is 6.46. The van der Waals surface area contributed by atoms with Crippen LogP contribution >= 0.6 is 0 Å². The molecule has 2 amide bonds. The van der Waals surface area contributed by atoms with Gasteiger partial charge in [-0.1, -0.05) is 25.3 Å². The summed E-state index contributed by atoms with van der Waals surface area (Å²) in [6.07, 6.45) is 9.99. The molecule has 1 saturated carbocycles. The highest BCUT2D eigenvalue weighted by Crippen LogP contribution is 2.17. The fourth-order valence-electron chi connectivity index (χ4n) is 2.17. The third-order valence-electron chi connectivity index (χ3n) is 3.21. The number of pyridine rings is 1. The van der Waals surface area contributed by atoms with E-state index in [0.29, 0.717) is 0 Å². The number of carbonyl (C=O) groups excluding carboxylic acids is 2. The van der Waals surface area contributed by atoms with Gasteiger partial charge in [-0.15, -0.1) is 0 Å². The average molecular weight is 274 g/mol. The van der Waals surface area contributed by atoms with E-state index in [1.165, 1.54) is 12.6 Å². The first-order chi connectivity index (χ1) is 9.75. The van der Waals surface area contributed by atoms with Crippen LogP contribution in [0.1, 0.15) is 37.7 Å². The Hall–Kier alpha value is -2.24. The molecule has 0 saturated heterocycles. The smallest absolute Gasteiger partial charge is 0.329 e. The second kappa shape index (κ2) is 7.37. The fourth-order valence-corrected chi connectivity index (χ4v) is 2.17. The number of hydrogen-bond acceptors (Lipinski definition) is 4. The van der Waals surface area contributed by atoms with Crippen LogP contribution in [0.4, 0.5) is 0 Å². The highest BCUT2D eigenvalue weighted by molar-refractivity contribution is 6.35. The van der Waals surface area contributed by atoms with Crippen LogP contribution in [0.15, 0.2) is 29.6 Å². The molecule has 20 heavy (non-hydrogen) atoms. The van der Waals surface area contributed by atoms with Gasteiger partial charge in [-0.05, 0) is 18.9 Å². The Morgan fingerprint density at radius 3 is 2.75 bits per heavy atom. The second-order valence-electron chi connectivity index (χ2n) is 4.79. The number of amides is 2. The van der Waals surface area contributed by atoms with E-state index in [4.69, 9.17) is 0 Å². The van der Waals surface area contributed by atoms with Gasteiger partial charge >= 0.3 is 11.8 Å². The number of hydrogen-bond donors (Lipinski definition) is 2. The van der Waals surface area contributed by atoms with Crippen LogP contribution in [0.5, 0.6) is 0 Å². The molecule has 2 N–H and O–H groups in total. The van der Waals surface area contributed by atoms with Gasteiger partial charge in [-0.25, -0.2) is 5.43 Å². The zero-order chi connectivity index (χ0) is 14.2. The molecule has 0 spiro atoms. The minimum atomic E-state index is -0.740. The first-order valence-electron chi connectivity index (χ1n) is 6.79. The molecule has 0 aromatic carbocycles. The maximum absolute atomic E-state index is 11.6. The summed E-state index contributed by atoms with van der Waals surface area (Å²) in [5.41, 5.74) is 2.96. The Morgan fingerprint density at radius 1 is 1.25 bits per heavy atom. The lowest BCUT2D eigenvalue weighted by Gasteiger charge is -2.22. The predicted octanol–water partition coefficient (Wildman–Crippen LogP) is 0.981. The molecule has 0 unspecified atom stereocenters. The molecule has 1 aromatic heterocycles. The largest absolute Gasteiger partial charge is 0.345 e. The topological polar surface area (TPSA) is 83.5 Å². The Labute approximate surface area is 117 Å². The van der Waals surface area contributed by atoms with Crippen molar-refractivity contribution < 1.29 is 9.59 Å². The van der Waals surface area contributed by atoms with Crippen molar-refractivity contribution in [1.29, 1.82) is 0 Å². The van der Waals surface area contributed by atoms with Crippen LogP contribution in [-0.2, 0) is 9.59 Å². The van der Waals surface area contributed by atoms with Crippen molar-refractivity contribution in [3.63, 3.8) is 0 Å². The van der Waals surface area contributed by atoms with Gasteiger partial charge in [-0.2, -0.15) is 5.10 Å². The Bertz CT molecular complexity index is 481. The molecule has 1 heterocycles. The van der Waals surface area contributed by atoms with Gasteiger partial charge in [-0.3, -0.25) is 14.6 Å². The van der Waals surface area contributed by atoms with E-state index in [1.807, 2.05) is 0 Å². The van der Waals surface area contributed by atoms with Crippen LogP contribution in [-0.4, -0.2) is 29.1 Å². The maximum atomic E-state index is 11.6. The van der Waals surface area contributed by atoms with Gasteiger partial charge < -0.3 is 5.32 Å². The number of carbonyl (C=O) groups is 2. The fraction of sp³-hybridized carbons (Fsp3) is 0.429. The van der Waals surface area contributed by atoms with Gasteiger partial charge in [0, 0.05) is 24.0 Å². The highest BCUT2D eigenvalue weighted by Gasteiger charge is 2.19. The number of aromatic nitrogens is 1. The number of rotatable bonds is 3. The van der Waals surface area contributed by atoms with Crippen molar-refractivity contribution in [2.75, 3.05) is 0 Å². The van der Waals surface area contributed by atoms with Crippen molar-refractivity contribution in [2.45, 2.75) is 38.1 Å². The molecular weight excluding hydrogens is 256 g/mol. The third-order valence-corrected chi connectivity index (χ3v) is 3.21. The minimum absolute atomic E-state index is 0.115. The quantitative estimate of drug-likeness (QED) is 0.489. The summed E-state index contributed by atoms with van der Waals surface area (Å²) in [7, 11) is 0. The van der Waals surface area contributed by atoms with Gasteiger partial charge in [0.15, 0.2) is 0 Å². The summed E-state index contributed by atoms with van der Waals surface area (Å²) in [5.74, 6) is -1.36. The van der Waals surface area contributed by atoms with E-state index < -0.39 is 11.8 Å². The van der Waals surface area contributed by atoms with E-state index in [2.05, 4.69) is 20.8 Å². The molecule has 1 aliphatic rings. The van der Waals surface area contributed by atoms with E-state index in [9.17, 15) is 9.59 Å². The molecular formula is C14H18N4O2. The summed E-state index contributed by atoms with van der Waals surface area (Å²) < 4.78 is 0. The summed E-state index contributed by atoms with van der Waals surface area (Å²) >= 11 is 0. The molecule has 0 bridgehead atoms. The van der Waals surface area contributed by atoms with E-state index in [0.717, 1.165) is 31.2 Å². The standard InChI is InChI=1S/C14H18N4O2/c19-13(17-12-6-2-1-3-7-12)14(20)18-16-10-11-5-4-8-15-9-11/h4-5,8-10,12H,1-3,6-7H2,(H,17,19)(H,18,20)/b16-10-. The minimum Gasteiger partial charge on any atom is -0.345 e. The second-order valence-corrected chi connectivity index (χ2v) is 4.79. The van der Waals surface area contributed by atoms with E-state index in [-0.39, 0.29) is 6.04 Å². The van der Waals surface area contributed by atoms with E-state index >= 15 is 0 Å². The SMILES string of the molecule is O=C(N/N=C\c1cccnc1)C(=O)NC1CCCCC1. The lowest BCUT2D eigenvalue weighted by Crippen LogP contribution is -2.44. The van der Waals surface area contributed by atoms with Crippen molar-refractivity contribution in [2.24, 2.45) is 5.10 Å². The Balaban J connectivity index is 1.76. The first-order valence-corrected chi connectivity index (χ1v) is 6.79. The van der Waals surface area contributed by atoms with Gasteiger partial charge in [0.2, 0.25) is 0 Å². The van der Waals surface area contributed by atoms with Crippen LogP contribution in [0, 0.1) is 0 Å². The van der Waals surface area contributed by atoms with Crippen LogP contribution in [0.2, 0.25) is 0 Å². The normalized spacial score (nSPS) is 16.0. The van der Waals surface area contributed by atoms with E-state index in [1.54, 1.807) is 24.5 Å². The summed E-state index contributed by atoms with van der Waals surface area (Å²) in [6, 6.07) is 3.67. The molecule has 1 fully saturated rings. The van der Waals surface area contributed by atoms with Crippen LogP contribution in [0.25, 0.3) is 0 Å². The maximum Gasteiger partial charge on any atom is 0.329 e.